The standard InChI is InChI=1S/C16H15ClO4/c1-11-6-7-12(16(18)19)10-15(11)21-9-8-20-14-5-3-2-4-13(14)17/h2-7,10H,8-9H2,1H3,(H,18,19). The minimum absolute atomic E-state index is 0.197. The third-order valence-corrected chi connectivity index (χ3v) is 3.18. The van der Waals surface area contributed by atoms with Gasteiger partial charge in [-0.2, -0.15) is 0 Å². The number of para-hydroxylation sites is 1. The Hall–Kier alpha value is -2.20. The fourth-order valence-electron chi connectivity index (χ4n) is 1.75. The Bertz CT molecular complexity index is 640. The maximum atomic E-state index is 10.9. The fourth-order valence-corrected chi connectivity index (χ4v) is 1.94. The lowest BCUT2D eigenvalue weighted by atomic mass is 10.1. The number of carboxylic acid groups (broad SMARTS) is 1. The second-order valence-electron chi connectivity index (χ2n) is 4.41. The van der Waals surface area contributed by atoms with Crippen molar-refractivity contribution in [2.45, 2.75) is 6.92 Å². The summed E-state index contributed by atoms with van der Waals surface area (Å²) in [6.45, 7) is 2.48. The number of hydrogen-bond acceptors (Lipinski definition) is 3. The average Bonchev–Trinajstić information content (AvgIpc) is 2.46. The van der Waals surface area contributed by atoms with Crippen molar-refractivity contribution >= 4 is 17.6 Å². The summed E-state index contributed by atoms with van der Waals surface area (Å²) in [4.78, 5) is 10.9. The van der Waals surface area contributed by atoms with Crippen LogP contribution in [-0.2, 0) is 0 Å². The lowest BCUT2D eigenvalue weighted by Gasteiger charge is -2.11. The van der Waals surface area contributed by atoms with Crippen LogP contribution in [0.5, 0.6) is 11.5 Å². The van der Waals surface area contributed by atoms with E-state index in [9.17, 15) is 4.79 Å². The van der Waals surface area contributed by atoms with Gasteiger partial charge in [-0.1, -0.05) is 29.8 Å². The first-order valence-corrected chi connectivity index (χ1v) is 6.80. The summed E-state index contributed by atoms with van der Waals surface area (Å²) >= 11 is 5.97. The van der Waals surface area contributed by atoms with Gasteiger partial charge in [0.05, 0.1) is 10.6 Å². The second kappa shape index (κ2) is 6.99. The molecule has 110 valence electrons. The summed E-state index contributed by atoms with van der Waals surface area (Å²) in [7, 11) is 0. The van der Waals surface area contributed by atoms with Crippen LogP contribution in [0.15, 0.2) is 42.5 Å². The van der Waals surface area contributed by atoms with Gasteiger partial charge in [-0.05, 0) is 36.8 Å². The molecule has 0 saturated carbocycles. The minimum Gasteiger partial charge on any atom is -0.490 e. The molecular weight excluding hydrogens is 292 g/mol. The lowest BCUT2D eigenvalue weighted by molar-refractivity contribution is 0.0696. The van der Waals surface area contributed by atoms with E-state index < -0.39 is 5.97 Å². The Morgan fingerprint density at radius 3 is 2.43 bits per heavy atom. The van der Waals surface area contributed by atoms with E-state index in [1.165, 1.54) is 6.07 Å². The molecule has 0 aliphatic carbocycles. The van der Waals surface area contributed by atoms with E-state index in [4.69, 9.17) is 26.2 Å². The Labute approximate surface area is 127 Å². The van der Waals surface area contributed by atoms with Crippen LogP contribution < -0.4 is 9.47 Å². The summed E-state index contributed by atoms with van der Waals surface area (Å²) in [6, 6.07) is 12.0. The average molecular weight is 307 g/mol. The molecule has 0 atom stereocenters. The number of aryl methyl sites for hydroxylation is 1. The first-order valence-electron chi connectivity index (χ1n) is 6.42. The topological polar surface area (TPSA) is 55.8 Å². The van der Waals surface area contributed by atoms with Gasteiger partial charge >= 0.3 is 5.97 Å². The van der Waals surface area contributed by atoms with E-state index in [-0.39, 0.29) is 5.56 Å². The first kappa shape index (κ1) is 15.2. The predicted octanol–water partition coefficient (Wildman–Crippen LogP) is 3.80. The van der Waals surface area contributed by atoms with Crippen molar-refractivity contribution in [3.05, 3.63) is 58.6 Å². The van der Waals surface area contributed by atoms with E-state index in [0.29, 0.717) is 29.7 Å². The Morgan fingerprint density at radius 2 is 1.76 bits per heavy atom. The smallest absolute Gasteiger partial charge is 0.335 e. The molecule has 0 spiro atoms. The summed E-state index contributed by atoms with van der Waals surface area (Å²) in [6.07, 6.45) is 0. The van der Waals surface area contributed by atoms with Crippen LogP contribution in [0.1, 0.15) is 15.9 Å². The SMILES string of the molecule is Cc1ccc(C(=O)O)cc1OCCOc1ccccc1Cl. The van der Waals surface area contributed by atoms with Crippen molar-refractivity contribution in [3.63, 3.8) is 0 Å². The molecule has 0 unspecified atom stereocenters. The zero-order valence-electron chi connectivity index (χ0n) is 11.5. The summed E-state index contributed by atoms with van der Waals surface area (Å²) in [5, 5.41) is 9.50. The van der Waals surface area contributed by atoms with Crippen molar-refractivity contribution in [3.8, 4) is 11.5 Å². The summed E-state index contributed by atoms with van der Waals surface area (Å²) < 4.78 is 11.1. The number of ether oxygens (including phenoxy) is 2. The van der Waals surface area contributed by atoms with Crippen LogP contribution in [0.2, 0.25) is 5.02 Å². The number of rotatable bonds is 6. The molecule has 2 aromatic rings. The zero-order chi connectivity index (χ0) is 15.2. The molecule has 4 nitrogen and oxygen atoms in total. The normalized spacial score (nSPS) is 10.2. The molecular formula is C16H15ClO4. The highest BCUT2D eigenvalue weighted by molar-refractivity contribution is 6.32. The maximum Gasteiger partial charge on any atom is 0.335 e. The molecule has 0 amide bonds. The number of hydrogen-bond donors (Lipinski definition) is 1. The lowest BCUT2D eigenvalue weighted by Crippen LogP contribution is -2.10. The molecule has 0 aliphatic heterocycles. The number of carbonyl (C=O) groups is 1. The highest BCUT2D eigenvalue weighted by Crippen LogP contribution is 2.23. The molecule has 0 aliphatic rings. The van der Waals surface area contributed by atoms with E-state index in [1.807, 2.05) is 19.1 Å². The molecule has 2 rings (SSSR count). The van der Waals surface area contributed by atoms with E-state index >= 15 is 0 Å². The summed E-state index contributed by atoms with van der Waals surface area (Å²) in [5.41, 5.74) is 1.07. The van der Waals surface area contributed by atoms with Gasteiger partial charge in [0.2, 0.25) is 0 Å². The third-order valence-electron chi connectivity index (χ3n) is 2.87. The quantitative estimate of drug-likeness (QED) is 0.825. The Balaban J connectivity index is 1.90. The van der Waals surface area contributed by atoms with Crippen molar-refractivity contribution in [2.75, 3.05) is 13.2 Å². The van der Waals surface area contributed by atoms with Crippen molar-refractivity contribution in [1.29, 1.82) is 0 Å². The second-order valence-corrected chi connectivity index (χ2v) is 4.82. The molecule has 1 N–H and O–H groups in total. The van der Waals surface area contributed by atoms with Crippen LogP contribution in [0.3, 0.4) is 0 Å². The van der Waals surface area contributed by atoms with Crippen LogP contribution >= 0.6 is 11.6 Å². The monoisotopic (exact) mass is 306 g/mol. The van der Waals surface area contributed by atoms with Crippen LogP contribution in [-0.4, -0.2) is 24.3 Å². The number of carboxylic acids is 1. The van der Waals surface area contributed by atoms with Crippen LogP contribution in [0.4, 0.5) is 0 Å². The highest BCUT2D eigenvalue weighted by atomic mass is 35.5. The molecule has 0 heterocycles. The van der Waals surface area contributed by atoms with Gasteiger partial charge in [-0.15, -0.1) is 0 Å². The first-order chi connectivity index (χ1) is 10.1. The number of halogens is 1. The molecule has 5 heteroatoms. The van der Waals surface area contributed by atoms with E-state index in [2.05, 4.69) is 0 Å². The van der Waals surface area contributed by atoms with Crippen molar-refractivity contribution in [2.24, 2.45) is 0 Å². The molecule has 0 fully saturated rings. The van der Waals surface area contributed by atoms with Gasteiger partial charge in [0.1, 0.15) is 24.7 Å². The largest absolute Gasteiger partial charge is 0.490 e. The van der Waals surface area contributed by atoms with Crippen LogP contribution in [0, 0.1) is 6.92 Å². The van der Waals surface area contributed by atoms with Gasteiger partial charge in [-0.3, -0.25) is 0 Å². The minimum atomic E-state index is -0.979. The molecule has 21 heavy (non-hydrogen) atoms. The van der Waals surface area contributed by atoms with Gasteiger partial charge in [0.15, 0.2) is 0 Å². The Kier molecular flexibility index (Phi) is 5.06. The summed E-state index contributed by atoms with van der Waals surface area (Å²) in [5.74, 6) is 0.156. The maximum absolute atomic E-state index is 10.9. The van der Waals surface area contributed by atoms with E-state index in [0.717, 1.165) is 5.56 Å². The number of aromatic carboxylic acids is 1. The molecule has 2 aromatic carbocycles. The van der Waals surface area contributed by atoms with E-state index in [1.54, 1.807) is 24.3 Å². The molecule has 0 aromatic heterocycles. The molecule has 0 saturated heterocycles. The van der Waals surface area contributed by atoms with Gasteiger partial charge in [0, 0.05) is 0 Å². The van der Waals surface area contributed by atoms with Crippen molar-refractivity contribution < 1.29 is 19.4 Å². The zero-order valence-corrected chi connectivity index (χ0v) is 12.3. The Morgan fingerprint density at radius 1 is 1.10 bits per heavy atom. The fraction of sp³-hybridized carbons (Fsp3) is 0.188. The van der Waals surface area contributed by atoms with Gasteiger partial charge < -0.3 is 14.6 Å². The molecule has 0 bridgehead atoms. The van der Waals surface area contributed by atoms with Gasteiger partial charge in [-0.25, -0.2) is 4.79 Å². The van der Waals surface area contributed by atoms with Crippen molar-refractivity contribution in [1.82, 2.24) is 0 Å². The van der Waals surface area contributed by atoms with Crippen LogP contribution in [0.25, 0.3) is 0 Å². The molecule has 0 radical (unpaired) electrons. The van der Waals surface area contributed by atoms with Gasteiger partial charge in [0.25, 0.3) is 0 Å². The third kappa shape index (κ3) is 4.13. The number of benzene rings is 2. The highest BCUT2D eigenvalue weighted by Gasteiger charge is 2.07. The predicted molar refractivity (Wildman–Crippen MR) is 80.6 cm³/mol.